The smallest absolute Gasteiger partial charge is 0.343 e. The number of carbonyl (C=O) groups is 1. The third kappa shape index (κ3) is 3.97. The van der Waals surface area contributed by atoms with E-state index in [9.17, 15) is 9.59 Å². The van der Waals surface area contributed by atoms with Gasteiger partial charge in [-0.1, -0.05) is 36.2 Å². The predicted octanol–water partition coefficient (Wildman–Crippen LogP) is 6.55. The van der Waals surface area contributed by atoms with Gasteiger partial charge in [0, 0.05) is 15.6 Å². The lowest BCUT2D eigenvalue weighted by molar-refractivity contribution is 0.0731. The Morgan fingerprint density at radius 2 is 1.57 bits per heavy atom. The number of fused-ring (bicyclic) bond motifs is 1. The van der Waals surface area contributed by atoms with E-state index >= 15 is 0 Å². The Labute approximate surface area is 182 Å². The second-order valence-electron chi connectivity index (χ2n) is 6.68. The quantitative estimate of drug-likeness (QED) is 0.339. The van der Waals surface area contributed by atoms with Gasteiger partial charge in [0.2, 0.25) is 11.2 Å². The van der Waals surface area contributed by atoms with Crippen LogP contribution in [0.25, 0.3) is 22.3 Å². The Morgan fingerprint density at radius 3 is 2.20 bits per heavy atom. The minimum atomic E-state index is -0.680. The first-order valence-electron chi connectivity index (χ1n) is 9.29. The third-order valence-electron chi connectivity index (χ3n) is 4.70. The number of hydrogen-bond acceptors (Lipinski definition) is 4. The van der Waals surface area contributed by atoms with Crippen LogP contribution in [0.5, 0.6) is 5.75 Å². The van der Waals surface area contributed by atoms with Crippen molar-refractivity contribution in [2.24, 2.45) is 0 Å². The molecule has 0 N–H and O–H groups in total. The van der Waals surface area contributed by atoms with E-state index in [0.717, 1.165) is 12.0 Å². The van der Waals surface area contributed by atoms with E-state index in [2.05, 4.69) is 0 Å². The van der Waals surface area contributed by atoms with Crippen LogP contribution in [-0.4, -0.2) is 5.97 Å². The molecule has 4 rings (SSSR count). The van der Waals surface area contributed by atoms with E-state index in [1.807, 2.05) is 13.0 Å². The number of benzene rings is 3. The van der Waals surface area contributed by atoms with Crippen molar-refractivity contribution in [2.75, 3.05) is 0 Å². The number of ether oxygens (including phenoxy) is 1. The summed E-state index contributed by atoms with van der Waals surface area (Å²) in [5, 5.41) is 1.38. The molecule has 3 aromatic carbocycles. The number of hydrogen-bond donors (Lipinski definition) is 0. The van der Waals surface area contributed by atoms with Crippen LogP contribution in [0.4, 0.5) is 0 Å². The zero-order valence-electron chi connectivity index (χ0n) is 15.9. The van der Waals surface area contributed by atoms with E-state index in [4.69, 9.17) is 32.4 Å². The highest BCUT2D eigenvalue weighted by molar-refractivity contribution is 6.31. The van der Waals surface area contributed by atoms with Gasteiger partial charge in [-0.25, -0.2) is 4.79 Å². The maximum atomic E-state index is 13.3. The van der Waals surface area contributed by atoms with Crippen LogP contribution in [0.1, 0.15) is 22.8 Å². The number of carbonyl (C=O) groups excluding carboxylic acids is 1. The number of aryl methyl sites for hydroxylation is 1. The van der Waals surface area contributed by atoms with Crippen molar-refractivity contribution in [1.82, 2.24) is 0 Å². The van der Waals surface area contributed by atoms with Crippen LogP contribution in [0, 0.1) is 0 Å². The van der Waals surface area contributed by atoms with Crippen LogP contribution in [0.3, 0.4) is 0 Å². The predicted molar refractivity (Wildman–Crippen MR) is 119 cm³/mol. The summed E-state index contributed by atoms with van der Waals surface area (Å²) in [6.45, 7) is 1.99. The summed E-state index contributed by atoms with van der Waals surface area (Å²) in [6.07, 6.45) is 0.758. The van der Waals surface area contributed by atoms with Crippen molar-refractivity contribution in [3.05, 3.63) is 98.1 Å². The average molecular weight is 439 g/mol. The number of halogens is 2. The van der Waals surface area contributed by atoms with Crippen LogP contribution < -0.4 is 10.2 Å². The van der Waals surface area contributed by atoms with Crippen LogP contribution in [0.15, 0.2) is 75.9 Å². The van der Waals surface area contributed by atoms with E-state index in [-0.39, 0.29) is 17.1 Å². The van der Waals surface area contributed by atoms with Crippen molar-refractivity contribution in [3.8, 4) is 17.1 Å². The summed E-state index contributed by atoms with van der Waals surface area (Å²) in [6, 6.07) is 18.4. The SMILES string of the molecule is CCc1ccc2oc(-c3ccc(Cl)cc3)c(OC(=O)c3ccc(Cl)cc3)c(=O)c2c1. The summed E-state index contributed by atoms with van der Waals surface area (Å²) in [7, 11) is 0. The van der Waals surface area contributed by atoms with E-state index in [1.54, 1.807) is 48.5 Å². The van der Waals surface area contributed by atoms with Crippen molar-refractivity contribution in [3.63, 3.8) is 0 Å². The van der Waals surface area contributed by atoms with Gasteiger partial charge in [-0.2, -0.15) is 0 Å². The lowest BCUT2D eigenvalue weighted by atomic mass is 10.1. The molecule has 4 nitrogen and oxygen atoms in total. The molecule has 0 amide bonds. The Bertz CT molecular complexity index is 1290. The number of rotatable bonds is 4. The topological polar surface area (TPSA) is 56.5 Å². The van der Waals surface area contributed by atoms with Gasteiger partial charge in [-0.05, 0) is 72.6 Å². The molecule has 0 aliphatic rings. The Morgan fingerprint density at radius 1 is 0.933 bits per heavy atom. The second kappa shape index (κ2) is 8.34. The molecule has 0 aliphatic heterocycles. The van der Waals surface area contributed by atoms with Crippen molar-refractivity contribution in [2.45, 2.75) is 13.3 Å². The van der Waals surface area contributed by atoms with Gasteiger partial charge in [0.25, 0.3) is 0 Å². The summed E-state index contributed by atoms with van der Waals surface area (Å²) >= 11 is 11.9. The minimum absolute atomic E-state index is 0.163. The van der Waals surface area contributed by atoms with E-state index < -0.39 is 11.4 Å². The van der Waals surface area contributed by atoms with Gasteiger partial charge in [-0.15, -0.1) is 0 Å². The van der Waals surface area contributed by atoms with Gasteiger partial charge in [0.1, 0.15) is 5.58 Å². The maximum absolute atomic E-state index is 13.3. The molecule has 4 aromatic rings. The molecule has 150 valence electrons. The molecular formula is C24H16Cl2O4. The first-order chi connectivity index (χ1) is 14.5. The Balaban J connectivity index is 1.89. The first-order valence-corrected chi connectivity index (χ1v) is 10.1. The third-order valence-corrected chi connectivity index (χ3v) is 5.21. The van der Waals surface area contributed by atoms with Gasteiger partial charge in [0.05, 0.1) is 10.9 Å². The number of esters is 1. The molecule has 30 heavy (non-hydrogen) atoms. The van der Waals surface area contributed by atoms with Crippen molar-refractivity contribution in [1.29, 1.82) is 0 Å². The maximum Gasteiger partial charge on any atom is 0.343 e. The average Bonchev–Trinajstić information content (AvgIpc) is 2.76. The normalized spacial score (nSPS) is 10.9. The molecule has 0 fully saturated rings. The molecule has 0 spiro atoms. The van der Waals surface area contributed by atoms with Crippen LogP contribution in [-0.2, 0) is 6.42 Å². The lowest BCUT2D eigenvalue weighted by Crippen LogP contribution is -2.16. The largest absolute Gasteiger partial charge is 0.452 e. The van der Waals surface area contributed by atoms with E-state index in [0.29, 0.717) is 26.6 Å². The molecule has 1 heterocycles. The molecule has 0 bridgehead atoms. The summed E-state index contributed by atoms with van der Waals surface area (Å²) in [5.74, 6) is -0.686. The van der Waals surface area contributed by atoms with Gasteiger partial charge >= 0.3 is 5.97 Å². The molecule has 0 radical (unpaired) electrons. The fourth-order valence-electron chi connectivity index (χ4n) is 3.07. The molecular weight excluding hydrogens is 423 g/mol. The fourth-order valence-corrected chi connectivity index (χ4v) is 3.32. The molecule has 0 aliphatic carbocycles. The van der Waals surface area contributed by atoms with Crippen LogP contribution >= 0.6 is 23.2 Å². The van der Waals surface area contributed by atoms with Gasteiger partial charge in [0.15, 0.2) is 5.76 Å². The van der Waals surface area contributed by atoms with Crippen LogP contribution in [0.2, 0.25) is 10.0 Å². The minimum Gasteiger partial charge on any atom is -0.452 e. The van der Waals surface area contributed by atoms with Gasteiger partial charge in [-0.3, -0.25) is 4.79 Å². The van der Waals surface area contributed by atoms with Crippen molar-refractivity contribution < 1.29 is 13.9 Å². The first kappa shape index (κ1) is 20.2. The molecule has 0 saturated heterocycles. The lowest BCUT2D eigenvalue weighted by Gasteiger charge is -2.11. The highest BCUT2D eigenvalue weighted by Crippen LogP contribution is 2.32. The molecule has 1 aromatic heterocycles. The standard InChI is InChI=1S/C24H16Cl2O4/c1-2-14-3-12-20-19(13-14)21(27)23(22(29-20)15-4-8-17(25)9-5-15)30-24(28)16-6-10-18(26)11-7-16/h3-13H,2H2,1H3. The molecule has 6 heteroatoms. The highest BCUT2D eigenvalue weighted by Gasteiger charge is 2.21. The monoisotopic (exact) mass is 438 g/mol. The van der Waals surface area contributed by atoms with E-state index in [1.165, 1.54) is 12.1 Å². The molecule has 0 saturated carbocycles. The zero-order chi connectivity index (χ0) is 21.3. The summed E-state index contributed by atoms with van der Waals surface area (Å²) < 4.78 is 11.6. The molecule has 0 unspecified atom stereocenters. The zero-order valence-corrected chi connectivity index (χ0v) is 17.5. The fraction of sp³-hybridized carbons (Fsp3) is 0.0833. The summed E-state index contributed by atoms with van der Waals surface area (Å²) in [5.41, 5.74) is 1.80. The van der Waals surface area contributed by atoms with Gasteiger partial charge < -0.3 is 9.15 Å². The highest BCUT2D eigenvalue weighted by atomic mass is 35.5. The van der Waals surface area contributed by atoms with Crippen molar-refractivity contribution >= 4 is 40.1 Å². The second-order valence-corrected chi connectivity index (χ2v) is 7.55. The Kier molecular flexibility index (Phi) is 5.62. The Hall–Kier alpha value is -3.08. The molecule has 0 atom stereocenters. The summed E-state index contributed by atoms with van der Waals surface area (Å²) in [4.78, 5) is 26.0.